The Balaban J connectivity index is 2.19. The monoisotopic (exact) mass is 337 g/mol. The molecule has 1 aliphatic heterocycles. The van der Waals surface area contributed by atoms with Crippen LogP contribution in [0.2, 0.25) is 0 Å². The quantitative estimate of drug-likeness (QED) is 0.904. The van der Waals surface area contributed by atoms with Crippen LogP contribution in [0.3, 0.4) is 0 Å². The van der Waals surface area contributed by atoms with Crippen molar-refractivity contribution in [2.75, 3.05) is 6.54 Å². The fraction of sp³-hybridized carbons (Fsp3) is 0.400. The summed E-state index contributed by atoms with van der Waals surface area (Å²) in [5, 5.41) is 8.06. The third-order valence-corrected chi connectivity index (χ3v) is 4.44. The number of hydrogen-bond donors (Lipinski definition) is 1. The summed E-state index contributed by atoms with van der Waals surface area (Å²) in [6.07, 6.45) is 2.19. The van der Waals surface area contributed by atoms with Crippen molar-refractivity contribution in [2.24, 2.45) is 7.05 Å². The Hall–Kier alpha value is -1.20. The lowest BCUT2D eigenvalue weighted by Crippen LogP contribution is -2.14. The molecule has 3 rings (SSSR count). The summed E-state index contributed by atoms with van der Waals surface area (Å²) in [6.45, 7) is 2.99. The first-order chi connectivity index (χ1) is 9.58. The van der Waals surface area contributed by atoms with Gasteiger partial charge in [0, 0.05) is 28.3 Å². The number of nitrogens with one attached hydrogen (secondary N) is 1. The zero-order chi connectivity index (χ0) is 14.3. The van der Waals surface area contributed by atoms with Crippen LogP contribution in [-0.4, -0.2) is 16.3 Å². The van der Waals surface area contributed by atoms with Crippen LogP contribution in [0, 0.1) is 12.7 Å². The molecule has 1 fully saturated rings. The van der Waals surface area contributed by atoms with Gasteiger partial charge >= 0.3 is 0 Å². The van der Waals surface area contributed by atoms with Crippen LogP contribution >= 0.6 is 15.9 Å². The molecule has 1 saturated heterocycles. The fourth-order valence-electron chi connectivity index (χ4n) is 2.82. The summed E-state index contributed by atoms with van der Waals surface area (Å²) in [4.78, 5) is 0. The van der Waals surface area contributed by atoms with Gasteiger partial charge in [-0.3, -0.25) is 4.68 Å². The topological polar surface area (TPSA) is 29.9 Å². The van der Waals surface area contributed by atoms with Gasteiger partial charge in [-0.25, -0.2) is 4.39 Å². The Morgan fingerprint density at radius 1 is 1.45 bits per heavy atom. The summed E-state index contributed by atoms with van der Waals surface area (Å²) >= 11 is 3.42. The number of halogens is 2. The van der Waals surface area contributed by atoms with E-state index in [2.05, 4.69) is 26.3 Å². The first kappa shape index (κ1) is 13.8. The highest BCUT2D eigenvalue weighted by atomic mass is 79.9. The normalized spacial score (nSPS) is 18.7. The lowest BCUT2D eigenvalue weighted by atomic mass is 9.98. The van der Waals surface area contributed by atoms with E-state index in [1.165, 1.54) is 6.07 Å². The predicted octanol–water partition coefficient (Wildman–Crippen LogP) is 3.72. The smallest absolute Gasteiger partial charge is 0.131 e. The van der Waals surface area contributed by atoms with E-state index in [1.807, 2.05) is 24.7 Å². The molecule has 2 heterocycles. The molecule has 0 radical (unpaired) electrons. The van der Waals surface area contributed by atoms with Gasteiger partial charge in [0.2, 0.25) is 0 Å². The van der Waals surface area contributed by atoms with Crippen molar-refractivity contribution in [1.29, 1.82) is 0 Å². The molecule has 1 unspecified atom stereocenters. The van der Waals surface area contributed by atoms with Crippen molar-refractivity contribution >= 4 is 15.9 Å². The van der Waals surface area contributed by atoms with Crippen molar-refractivity contribution < 1.29 is 4.39 Å². The van der Waals surface area contributed by atoms with Crippen LogP contribution in [0.15, 0.2) is 22.7 Å². The zero-order valence-corrected chi connectivity index (χ0v) is 13.2. The minimum atomic E-state index is -0.205. The fourth-order valence-corrected chi connectivity index (χ4v) is 3.18. The number of benzene rings is 1. The van der Waals surface area contributed by atoms with E-state index < -0.39 is 0 Å². The van der Waals surface area contributed by atoms with Gasteiger partial charge in [0.25, 0.3) is 0 Å². The third kappa shape index (κ3) is 2.29. The summed E-state index contributed by atoms with van der Waals surface area (Å²) in [6, 6.07) is 5.27. The molecule has 106 valence electrons. The zero-order valence-electron chi connectivity index (χ0n) is 11.6. The van der Waals surface area contributed by atoms with E-state index in [4.69, 9.17) is 0 Å². The highest BCUT2D eigenvalue weighted by Crippen LogP contribution is 2.36. The van der Waals surface area contributed by atoms with E-state index >= 15 is 0 Å². The van der Waals surface area contributed by atoms with Gasteiger partial charge in [0.15, 0.2) is 0 Å². The average molecular weight is 338 g/mol. The molecule has 0 spiro atoms. The van der Waals surface area contributed by atoms with Crippen LogP contribution < -0.4 is 5.32 Å². The van der Waals surface area contributed by atoms with Gasteiger partial charge in [-0.15, -0.1) is 0 Å². The molecule has 1 aromatic heterocycles. The lowest BCUT2D eigenvalue weighted by molar-refractivity contribution is 0.604. The molecule has 1 N–H and O–H groups in total. The number of aryl methyl sites for hydroxylation is 1. The number of hydrogen-bond acceptors (Lipinski definition) is 2. The van der Waals surface area contributed by atoms with Gasteiger partial charge in [0.05, 0.1) is 11.7 Å². The highest BCUT2D eigenvalue weighted by molar-refractivity contribution is 9.10. The SMILES string of the molecule is Cc1c(-c2cc(Br)ccc2F)c(C2CCCN2)nn1C. The van der Waals surface area contributed by atoms with Crippen LogP contribution in [0.25, 0.3) is 11.1 Å². The predicted molar refractivity (Wildman–Crippen MR) is 81.0 cm³/mol. The van der Waals surface area contributed by atoms with Crippen LogP contribution in [0.4, 0.5) is 4.39 Å². The number of aromatic nitrogens is 2. The maximum Gasteiger partial charge on any atom is 0.131 e. The van der Waals surface area contributed by atoms with E-state index in [-0.39, 0.29) is 11.9 Å². The summed E-state index contributed by atoms with van der Waals surface area (Å²) in [7, 11) is 1.91. The Bertz CT molecular complexity index is 645. The number of nitrogens with zero attached hydrogens (tertiary/aromatic N) is 2. The van der Waals surface area contributed by atoms with Crippen molar-refractivity contribution in [2.45, 2.75) is 25.8 Å². The molecule has 0 saturated carbocycles. The van der Waals surface area contributed by atoms with E-state index in [0.29, 0.717) is 5.56 Å². The van der Waals surface area contributed by atoms with E-state index in [9.17, 15) is 4.39 Å². The van der Waals surface area contributed by atoms with Gasteiger partial charge in [-0.1, -0.05) is 15.9 Å². The van der Waals surface area contributed by atoms with Gasteiger partial charge in [0.1, 0.15) is 5.82 Å². The minimum Gasteiger partial charge on any atom is -0.309 e. The first-order valence-electron chi connectivity index (χ1n) is 6.80. The molecule has 20 heavy (non-hydrogen) atoms. The van der Waals surface area contributed by atoms with Gasteiger partial charge < -0.3 is 5.32 Å². The summed E-state index contributed by atoms with van der Waals surface area (Å²) < 4.78 is 16.9. The molecule has 0 amide bonds. The standard InChI is InChI=1S/C15H17BrFN3/c1-9-14(11-8-10(16)5-6-12(11)17)15(19-20(9)2)13-4-3-7-18-13/h5-6,8,13,18H,3-4,7H2,1-2H3. The molecule has 1 aliphatic rings. The molecule has 3 nitrogen and oxygen atoms in total. The van der Waals surface area contributed by atoms with Crippen molar-refractivity contribution in [3.63, 3.8) is 0 Å². The molecular weight excluding hydrogens is 321 g/mol. The second kappa shape index (κ2) is 5.30. The number of rotatable bonds is 2. The summed E-state index contributed by atoms with van der Waals surface area (Å²) in [5.41, 5.74) is 3.49. The van der Waals surface area contributed by atoms with Crippen LogP contribution in [0.5, 0.6) is 0 Å². The summed E-state index contributed by atoms with van der Waals surface area (Å²) in [5.74, 6) is -0.205. The molecule has 1 aromatic carbocycles. The Kier molecular flexibility index (Phi) is 3.65. The molecule has 0 aliphatic carbocycles. The van der Waals surface area contributed by atoms with Crippen molar-refractivity contribution in [1.82, 2.24) is 15.1 Å². The van der Waals surface area contributed by atoms with Crippen LogP contribution in [-0.2, 0) is 7.05 Å². The molecule has 5 heteroatoms. The molecule has 0 bridgehead atoms. The second-order valence-corrected chi connectivity index (χ2v) is 6.16. The Morgan fingerprint density at radius 2 is 2.25 bits per heavy atom. The van der Waals surface area contributed by atoms with Gasteiger partial charge in [-0.05, 0) is 44.5 Å². The Labute approximate surface area is 126 Å². The molecule has 1 atom stereocenters. The van der Waals surface area contributed by atoms with E-state index in [0.717, 1.165) is 40.8 Å². The molecular formula is C15H17BrFN3. The first-order valence-corrected chi connectivity index (χ1v) is 7.59. The maximum atomic E-state index is 14.2. The maximum absolute atomic E-state index is 14.2. The Morgan fingerprint density at radius 3 is 2.95 bits per heavy atom. The third-order valence-electron chi connectivity index (χ3n) is 3.95. The highest BCUT2D eigenvalue weighted by Gasteiger charge is 2.26. The van der Waals surface area contributed by atoms with Crippen LogP contribution in [0.1, 0.15) is 30.3 Å². The second-order valence-electron chi connectivity index (χ2n) is 5.24. The minimum absolute atomic E-state index is 0.205. The lowest BCUT2D eigenvalue weighted by Gasteiger charge is -2.11. The average Bonchev–Trinajstić information content (AvgIpc) is 3.03. The van der Waals surface area contributed by atoms with Crippen molar-refractivity contribution in [3.8, 4) is 11.1 Å². The van der Waals surface area contributed by atoms with Crippen molar-refractivity contribution in [3.05, 3.63) is 39.9 Å². The van der Waals surface area contributed by atoms with Gasteiger partial charge in [-0.2, -0.15) is 5.10 Å². The largest absolute Gasteiger partial charge is 0.309 e. The van der Waals surface area contributed by atoms with E-state index in [1.54, 1.807) is 6.07 Å². The molecule has 2 aromatic rings.